The first-order valence-corrected chi connectivity index (χ1v) is 11.8. The number of ether oxygens (including phenoxy) is 1. The number of carbonyl (C=O) groups is 1. The molecule has 3 aromatic heterocycles. The number of pyridine rings is 1. The number of phenols is 1. The molecule has 0 spiro atoms. The van der Waals surface area contributed by atoms with Gasteiger partial charge in [0, 0.05) is 28.5 Å². The Kier molecular flexibility index (Phi) is 5.54. The molecule has 0 fully saturated rings. The number of rotatable bonds is 6. The number of carbonyl (C=O) groups excluding carboxylic acids is 1. The molecular weight excluding hydrogens is 466 g/mol. The zero-order valence-corrected chi connectivity index (χ0v) is 19.9. The third-order valence-electron chi connectivity index (χ3n) is 6.30. The van der Waals surface area contributed by atoms with Crippen LogP contribution in [0, 0.1) is 0 Å². The molecule has 0 aliphatic heterocycles. The molecule has 0 saturated heterocycles. The van der Waals surface area contributed by atoms with Crippen molar-refractivity contribution in [2.75, 3.05) is 7.11 Å². The lowest BCUT2D eigenvalue weighted by atomic mass is 10.0. The van der Waals surface area contributed by atoms with E-state index in [2.05, 4.69) is 25.3 Å². The Balaban J connectivity index is 1.26. The molecule has 0 unspecified atom stereocenters. The molecule has 6 aromatic rings. The number of amides is 1. The Morgan fingerprint density at radius 2 is 1.84 bits per heavy atom. The van der Waals surface area contributed by atoms with Gasteiger partial charge in [0.1, 0.15) is 11.6 Å². The minimum absolute atomic E-state index is 0.0852. The van der Waals surface area contributed by atoms with E-state index in [0.717, 1.165) is 33.2 Å². The lowest BCUT2D eigenvalue weighted by Gasteiger charge is -2.09. The second-order valence-electron chi connectivity index (χ2n) is 8.67. The second-order valence-corrected chi connectivity index (χ2v) is 8.67. The van der Waals surface area contributed by atoms with Crippen molar-refractivity contribution in [2.45, 2.75) is 6.54 Å². The molecule has 8 heteroatoms. The number of fused-ring (bicyclic) bond motifs is 2. The Labute approximate surface area is 212 Å². The average Bonchev–Trinajstić information content (AvgIpc) is 3.55. The summed E-state index contributed by atoms with van der Waals surface area (Å²) in [5, 5.41) is 14.6. The normalized spacial score (nSPS) is 11.2. The monoisotopic (exact) mass is 489 g/mol. The number of aromatic hydroxyl groups is 1. The number of para-hydroxylation sites is 1. The van der Waals surface area contributed by atoms with Gasteiger partial charge < -0.3 is 25.1 Å². The molecule has 0 aliphatic rings. The highest BCUT2D eigenvalue weighted by atomic mass is 16.5. The van der Waals surface area contributed by atoms with E-state index < -0.39 is 0 Å². The van der Waals surface area contributed by atoms with Gasteiger partial charge >= 0.3 is 0 Å². The Morgan fingerprint density at radius 1 is 0.946 bits per heavy atom. The predicted octanol–water partition coefficient (Wildman–Crippen LogP) is 5.42. The van der Waals surface area contributed by atoms with Gasteiger partial charge in [0.05, 0.1) is 30.3 Å². The highest BCUT2D eigenvalue weighted by Gasteiger charge is 2.15. The summed E-state index contributed by atoms with van der Waals surface area (Å²) >= 11 is 0. The van der Waals surface area contributed by atoms with Crippen molar-refractivity contribution in [2.24, 2.45) is 0 Å². The summed E-state index contributed by atoms with van der Waals surface area (Å²) < 4.78 is 5.39. The summed E-state index contributed by atoms with van der Waals surface area (Å²) in [6, 6.07) is 24.3. The molecule has 8 nitrogen and oxygen atoms in total. The zero-order chi connectivity index (χ0) is 25.4. The maximum atomic E-state index is 12.8. The van der Waals surface area contributed by atoms with Gasteiger partial charge in [0.25, 0.3) is 5.91 Å². The summed E-state index contributed by atoms with van der Waals surface area (Å²) in [5.74, 6) is 0.875. The van der Waals surface area contributed by atoms with E-state index in [4.69, 9.17) is 4.74 Å². The smallest absolute Gasteiger partial charge is 0.251 e. The maximum absolute atomic E-state index is 12.8. The fraction of sp³-hybridized carbons (Fsp3) is 0.0690. The SMILES string of the molecule is COc1ncccc1-c1ccc(O)c(-c2nc3cc(C(=O)NCc4cc5ccccc5[nH]4)ccc3[nH]2)c1. The van der Waals surface area contributed by atoms with Crippen LogP contribution in [-0.4, -0.2) is 38.1 Å². The number of hydrogen-bond donors (Lipinski definition) is 4. The van der Waals surface area contributed by atoms with Crippen LogP contribution in [0.5, 0.6) is 11.6 Å². The number of imidazole rings is 1. The number of phenolic OH excluding ortho intramolecular Hbond substituents is 1. The first-order chi connectivity index (χ1) is 18.1. The van der Waals surface area contributed by atoms with Crippen LogP contribution in [0.2, 0.25) is 0 Å². The molecule has 0 saturated carbocycles. The van der Waals surface area contributed by atoms with Gasteiger partial charge in [-0.15, -0.1) is 0 Å². The first-order valence-electron chi connectivity index (χ1n) is 11.8. The van der Waals surface area contributed by atoms with E-state index in [1.807, 2.05) is 54.6 Å². The molecule has 1 amide bonds. The molecule has 3 aromatic carbocycles. The average molecular weight is 490 g/mol. The van der Waals surface area contributed by atoms with E-state index in [1.54, 1.807) is 37.6 Å². The van der Waals surface area contributed by atoms with Gasteiger partial charge in [0.2, 0.25) is 5.88 Å². The molecule has 182 valence electrons. The van der Waals surface area contributed by atoms with Crippen LogP contribution in [0.1, 0.15) is 16.1 Å². The third kappa shape index (κ3) is 4.25. The number of H-pyrrole nitrogens is 2. The van der Waals surface area contributed by atoms with Crippen LogP contribution >= 0.6 is 0 Å². The number of aromatic nitrogens is 4. The highest BCUT2D eigenvalue weighted by molar-refractivity contribution is 5.98. The van der Waals surface area contributed by atoms with Crippen LogP contribution in [0.3, 0.4) is 0 Å². The molecule has 0 atom stereocenters. The van der Waals surface area contributed by atoms with Gasteiger partial charge in [-0.2, -0.15) is 0 Å². The van der Waals surface area contributed by atoms with Crippen molar-refractivity contribution < 1.29 is 14.6 Å². The zero-order valence-electron chi connectivity index (χ0n) is 19.9. The number of hydrogen-bond acceptors (Lipinski definition) is 5. The van der Waals surface area contributed by atoms with E-state index in [0.29, 0.717) is 34.9 Å². The molecule has 3 heterocycles. The van der Waals surface area contributed by atoms with Crippen molar-refractivity contribution in [1.29, 1.82) is 0 Å². The first kappa shape index (κ1) is 22.4. The predicted molar refractivity (Wildman–Crippen MR) is 142 cm³/mol. The molecule has 6 rings (SSSR count). The summed E-state index contributed by atoms with van der Waals surface area (Å²) in [4.78, 5) is 28.3. The summed E-state index contributed by atoms with van der Waals surface area (Å²) in [6.45, 7) is 0.385. The molecular formula is C29H23N5O3. The van der Waals surface area contributed by atoms with E-state index >= 15 is 0 Å². The number of benzene rings is 3. The summed E-state index contributed by atoms with van der Waals surface area (Å²) in [5.41, 5.74) is 6.00. The molecule has 37 heavy (non-hydrogen) atoms. The van der Waals surface area contributed by atoms with Crippen molar-refractivity contribution >= 4 is 27.8 Å². The highest BCUT2D eigenvalue weighted by Crippen LogP contribution is 2.35. The van der Waals surface area contributed by atoms with Gasteiger partial charge in [0.15, 0.2) is 0 Å². The number of nitrogens with zero attached hydrogens (tertiary/aromatic N) is 2. The maximum Gasteiger partial charge on any atom is 0.251 e. The quantitative estimate of drug-likeness (QED) is 0.249. The molecule has 4 N–H and O–H groups in total. The minimum atomic E-state index is -0.196. The van der Waals surface area contributed by atoms with E-state index in [-0.39, 0.29) is 11.7 Å². The summed E-state index contributed by atoms with van der Waals surface area (Å²) in [7, 11) is 1.57. The van der Waals surface area contributed by atoms with Crippen LogP contribution < -0.4 is 10.1 Å². The fourth-order valence-corrected chi connectivity index (χ4v) is 4.45. The van der Waals surface area contributed by atoms with Gasteiger partial charge in [-0.05, 0) is 65.5 Å². The number of methoxy groups -OCH3 is 1. The van der Waals surface area contributed by atoms with Gasteiger partial charge in [-0.3, -0.25) is 4.79 Å². The molecule has 0 radical (unpaired) electrons. The van der Waals surface area contributed by atoms with Gasteiger partial charge in [-0.1, -0.05) is 24.3 Å². The lowest BCUT2D eigenvalue weighted by Crippen LogP contribution is -2.22. The standard InChI is InChI=1S/C29H23N5O3/c1-37-29-21(6-4-12-30-29)17-9-11-26(35)22(14-17)27-33-24-10-8-19(15-25(24)34-27)28(36)31-16-20-13-18-5-2-3-7-23(18)32-20/h2-15,32,35H,16H2,1H3,(H,31,36)(H,33,34). The minimum Gasteiger partial charge on any atom is -0.507 e. The van der Waals surface area contributed by atoms with Crippen LogP contribution in [-0.2, 0) is 6.54 Å². The molecule has 0 aliphatic carbocycles. The fourth-order valence-electron chi connectivity index (χ4n) is 4.45. The van der Waals surface area contributed by atoms with E-state index in [1.165, 1.54) is 0 Å². The van der Waals surface area contributed by atoms with Crippen molar-refractivity contribution in [3.63, 3.8) is 0 Å². The summed E-state index contributed by atoms with van der Waals surface area (Å²) in [6.07, 6.45) is 1.66. The largest absolute Gasteiger partial charge is 0.507 e. The Morgan fingerprint density at radius 3 is 2.70 bits per heavy atom. The molecule has 0 bridgehead atoms. The second kappa shape index (κ2) is 9.16. The van der Waals surface area contributed by atoms with Crippen molar-refractivity contribution in [3.8, 4) is 34.1 Å². The Bertz CT molecular complexity index is 1740. The number of nitrogens with one attached hydrogen (secondary N) is 3. The number of aromatic amines is 2. The third-order valence-corrected chi connectivity index (χ3v) is 6.30. The van der Waals surface area contributed by atoms with Crippen molar-refractivity contribution in [1.82, 2.24) is 25.3 Å². The van der Waals surface area contributed by atoms with Crippen LogP contribution in [0.4, 0.5) is 0 Å². The van der Waals surface area contributed by atoms with E-state index in [9.17, 15) is 9.90 Å². The lowest BCUT2D eigenvalue weighted by molar-refractivity contribution is 0.0950. The van der Waals surface area contributed by atoms with Crippen molar-refractivity contribution in [3.05, 3.63) is 96.3 Å². The van der Waals surface area contributed by atoms with Crippen LogP contribution in [0.15, 0.2) is 85.1 Å². The van der Waals surface area contributed by atoms with Crippen LogP contribution in [0.25, 0.3) is 44.5 Å². The van der Waals surface area contributed by atoms with Gasteiger partial charge in [-0.25, -0.2) is 9.97 Å². The Hall–Kier alpha value is -5.11. The topological polar surface area (TPSA) is 116 Å².